The maximum absolute atomic E-state index is 12.4. The number of nitro groups is 1. The zero-order chi connectivity index (χ0) is 100. The summed E-state index contributed by atoms with van der Waals surface area (Å²) in [6.07, 6.45) is -14.0. The summed E-state index contributed by atoms with van der Waals surface area (Å²) < 4.78 is 48.9. The second kappa shape index (κ2) is 61.8. The smallest absolute Gasteiger partial charge is 0.416 e. The number of phenolic OH excluding ortho intramolecular Hbond substituents is 1. The van der Waals surface area contributed by atoms with Gasteiger partial charge in [0.1, 0.15) is 11.6 Å². The van der Waals surface area contributed by atoms with Crippen LogP contribution in [0.5, 0.6) is 5.75 Å². The molecule has 0 spiro atoms. The molecular weight excluding hydrogens is 1730 g/mol. The average Bonchev–Trinajstić information content (AvgIpc) is 0.812. The third-order valence-electron chi connectivity index (χ3n) is 17.4. The van der Waals surface area contributed by atoms with E-state index in [1.54, 1.807) is 24.3 Å². The molecule has 0 bridgehead atoms. The number of rotatable bonds is 32. The number of carboxylic acid groups (broad SMARTS) is 10. The van der Waals surface area contributed by atoms with E-state index >= 15 is 0 Å². The van der Waals surface area contributed by atoms with Gasteiger partial charge >= 0.3 is 65.9 Å². The summed E-state index contributed by atoms with van der Waals surface area (Å²) in [4.78, 5) is 113. The molecule has 0 aromatic heterocycles. The molecule has 34 nitrogen and oxygen atoms in total. The van der Waals surface area contributed by atoms with Crippen molar-refractivity contribution in [3.05, 3.63) is 296 Å². The Morgan fingerprint density at radius 1 is 0.336 bits per heavy atom. The number of aliphatic hydroxyl groups excluding tert-OH is 10. The number of aromatic hydroxyl groups is 1. The Morgan fingerprint density at radius 3 is 0.908 bits per heavy atom. The van der Waals surface area contributed by atoms with Gasteiger partial charge in [-0.05, 0) is 124 Å². The summed E-state index contributed by atoms with van der Waals surface area (Å²) in [5.41, 5.74) is 6.73. The number of unbranched alkanes of at least 4 members (excludes halogenated alkanes) is 2. The quantitative estimate of drug-likeness (QED) is 0.00806. The number of hydrogen-bond donors (Lipinski definition) is 21. The van der Waals surface area contributed by atoms with Crippen molar-refractivity contribution in [1.82, 2.24) is 0 Å². The van der Waals surface area contributed by atoms with Gasteiger partial charge in [-0.25, -0.2) is 52.3 Å². The lowest BCUT2D eigenvalue weighted by atomic mass is 9.89. The largest absolute Gasteiger partial charge is 0.508 e. The second-order valence-electron chi connectivity index (χ2n) is 29.9. The van der Waals surface area contributed by atoms with Gasteiger partial charge in [0.2, 0.25) is 0 Å². The fraction of sp³-hybridized carbons (Fsp3) is 0.333. The van der Waals surface area contributed by atoms with Crippen LogP contribution in [-0.4, -0.2) is 233 Å². The Balaban J connectivity index is 0.00000144. The van der Waals surface area contributed by atoms with E-state index in [9.17, 15) is 80.7 Å². The highest BCUT2D eigenvalue weighted by molar-refractivity contribution is 5.86. The summed E-state index contributed by atoms with van der Waals surface area (Å²) in [6.45, 7) is 11.6. The molecule has 9 aromatic carbocycles. The summed E-state index contributed by atoms with van der Waals surface area (Å²) in [5, 5.41) is 195. The zero-order valence-electron chi connectivity index (χ0n) is 72.0. The van der Waals surface area contributed by atoms with E-state index in [4.69, 9.17) is 102 Å². The number of non-ortho nitro benzene ring substituents is 1. The number of nitro benzene ring substituents is 1. The molecule has 0 aliphatic heterocycles. The number of aliphatic carboxylic acids is 10. The van der Waals surface area contributed by atoms with Crippen molar-refractivity contribution in [2.24, 2.45) is 5.41 Å². The fourth-order valence-corrected chi connectivity index (χ4v) is 10.2. The van der Waals surface area contributed by atoms with Crippen LogP contribution in [0.25, 0.3) is 10.8 Å². The highest BCUT2D eigenvalue weighted by Crippen LogP contribution is 2.30. The Kier molecular flexibility index (Phi) is 55.4. The van der Waals surface area contributed by atoms with Crippen molar-refractivity contribution >= 4 is 76.2 Å². The molecule has 131 heavy (non-hydrogen) atoms. The molecular formula is C93H111F4NO33. The number of phenols is 1. The standard InChI is InChI=1S/C13H12O3.C10H9F3O3.2C10H12O3.C9H9FO3.C9H9NO5.C9H10O4.C9H10O3.2C7H14O3/c14-12(13(15)16)8-10-6-3-5-9-4-1-2-7-11(9)10;11-10(12,13)7-3-1-6(2-4-7)5-8(14)9(15)16;2*1-7-2-4-8(5-3-7)6-9(11)10(12)13;10-7-3-1-6(2-4-7)5-8(11)9(12)13;11-8(9(12)13)5-6-1-3-7(4-2-6)10(14)15;10-7-3-1-6(2-4-7)5-8(11)9(12)13;10-8(9(11)12)6-7-4-2-1-3-5-7;1-7(2,3)4-5(8)6(9)10;1-2-3-4-5-6(8)7(9)10/h1-7,12,14H,8H2,(H,15,16);1-4,8,14H,5H2,(H,15,16);2*2-5,9,11H,6H2,1H3,(H,12,13);1-4,8,11H,5H2,(H,12,13);1-4,8,11H,5H2,(H,12,13);1-4,8,10-11H,5H2,(H,12,13);1-5,8,10H,6H2,(H,11,12);5,8H,4H2,1-3H3,(H,9,10);6,8H,2-5H2,1H3,(H,9,10). The number of halogens is 4. The molecule has 0 radical (unpaired) electrons. The molecule has 714 valence electrons. The molecule has 0 aliphatic carbocycles. The Morgan fingerprint density at radius 2 is 0.611 bits per heavy atom. The molecule has 0 fully saturated rings. The summed E-state index contributed by atoms with van der Waals surface area (Å²) >= 11 is 0. The normalized spacial score (nSPS) is 12.8. The van der Waals surface area contributed by atoms with E-state index < -0.39 is 137 Å². The summed E-state index contributed by atoms with van der Waals surface area (Å²) in [6, 6.07) is 58.0. The van der Waals surface area contributed by atoms with Gasteiger partial charge in [0.15, 0.2) is 61.0 Å². The van der Waals surface area contributed by atoms with Gasteiger partial charge in [0.25, 0.3) is 5.69 Å². The van der Waals surface area contributed by atoms with Gasteiger partial charge in [-0.15, -0.1) is 0 Å². The predicted octanol–water partition coefficient (Wildman–Crippen LogP) is 9.82. The van der Waals surface area contributed by atoms with Crippen LogP contribution in [0.4, 0.5) is 23.2 Å². The number of fused-ring (bicyclic) bond motifs is 1. The first kappa shape index (κ1) is 117. The number of carboxylic acids is 10. The maximum atomic E-state index is 12.4. The van der Waals surface area contributed by atoms with E-state index in [2.05, 4.69) is 0 Å². The fourth-order valence-electron chi connectivity index (χ4n) is 10.2. The maximum Gasteiger partial charge on any atom is 0.416 e. The third-order valence-corrected chi connectivity index (χ3v) is 17.4. The van der Waals surface area contributed by atoms with E-state index in [-0.39, 0.29) is 74.0 Å². The SMILES string of the molecule is CC(C)(C)CC(O)C(=O)O.CCCCCC(O)C(=O)O.Cc1ccc(CC(O)C(=O)O)cc1.Cc1ccc(CC(O)C(=O)O)cc1.O=C(O)C(O)Cc1ccc(C(F)(F)F)cc1.O=C(O)C(O)Cc1ccc(F)cc1.O=C(O)C(O)Cc1ccc(O)cc1.O=C(O)C(O)Cc1ccc([N+](=O)[O-])cc1.O=C(O)C(O)Cc1cccc2ccccc12.O=C(O)C(O)Cc1ccccc1. The molecule has 9 rings (SSSR count). The van der Waals surface area contributed by atoms with Gasteiger partial charge in [0.05, 0.1) is 10.5 Å². The second-order valence-corrected chi connectivity index (χ2v) is 29.9. The number of carbonyl (C=O) groups is 10. The Bertz CT molecular complexity index is 4660. The van der Waals surface area contributed by atoms with E-state index in [1.165, 1.54) is 60.7 Å². The van der Waals surface area contributed by atoms with Gasteiger partial charge < -0.3 is 107 Å². The van der Waals surface area contributed by atoms with Gasteiger partial charge in [-0.1, -0.05) is 228 Å². The first-order valence-electron chi connectivity index (χ1n) is 39.7. The molecule has 10 atom stereocenters. The van der Waals surface area contributed by atoms with Crippen molar-refractivity contribution in [3.8, 4) is 5.75 Å². The van der Waals surface area contributed by atoms with E-state index in [0.717, 1.165) is 87.7 Å². The molecule has 0 saturated carbocycles. The highest BCUT2D eigenvalue weighted by Gasteiger charge is 2.30. The van der Waals surface area contributed by atoms with Crippen molar-refractivity contribution in [2.75, 3.05) is 0 Å². The number of hydrogen-bond acceptors (Lipinski definition) is 23. The van der Waals surface area contributed by atoms with Crippen molar-refractivity contribution in [3.63, 3.8) is 0 Å². The minimum atomic E-state index is -4.41. The van der Waals surface area contributed by atoms with E-state index in [0.29, 0.717) is 35.1 Å². The number of alkyl halides is 3. The number of nitrogens with zero attached hydrogens (tertiary/aromatic N) is 1. The third kappa shape index (κ3) is 54.4. The van der Waals surface area contributed by atoms with Crippen molar-refractivity contribution in [1.29, 1.82) is 0 Å². The molecule has 10 unspecified atom stereocenters. The lowest BCUT2D eigenvalue weighted by Crippen LogP contribution is -2.25. The van der Waals surface area contributed by atoms with Crippen molar-refractivity contribution in [2.45, 2.75) is 192 Å². The number of aliphatic hydroxyl groups is 10. The van der Waals surface area contributed by atoms with Crippen LogP contribution >= 0.6 is 0 Å². The van der Waals surface area contributed by atoms with Crippen LogP contribution in [0.15, 0.2) is 218 Å². The minimum Gasteiger partial charge on any atom is -0.508 e. The van der Waals surface area contributed by atoms with Gasteiger partial charge in [0, 0.05) is 63.5 Å². The van der Waals surface area contributed by atoms with Crippen LogP contribution in [0, 0.1) is 35.2 Å². The molecule has 0 amide bonds. The van der Waals surface area contributed by atoms with Gasteiger partial charge in [-0.2, -0.15) is 13.2 Å². The van der Waals surface area contributed by atoms with Crippen LogP contribution in [0.1, 0.15) is 121 Å². The van der Waals surface area contributed by atoms with Gasteiger partial charge in [-0.3, -0.25) is 10.1 Å². The summed E-state index contributed by atoms with van der Waals surface area (Å²) in [5.74, 6) is -12.5. The molecule has 9 aromatic rings. The lowest BCUT2D eigenvalue weighted by molar-refractivity contribution is -0.384. The molecule has 0 aliphatic rings. The number of benzene rings is 9. The monoisotopic (exact) mass is 1850 g/mol. The molecule has 21 N–H and O–H groups in total. The number of aryl methyl sites for hydroxylation is 2. The molecule has 38 heteroatoms. The van der Waals surface area contributed by atoms with Crippen LogP contribution < -0.4 is 0 Å². The molecule has 0 heterocycles. The summed E-state index contributed by atoms with van der Waals surface area (Å²) in [7, 11) is 0. The lowest BCUT2D eigenvalue weighted by Gasteiger charge is -2.19. The minimum absolute atomic E-state index is 0.00435. The predicted molar refractivity (Wildman–Crippen MR) is 466 cm³/mol. The van der Waals surface area contributed by atoms with Crippen LogP contribution in [-0.2, 0) is 105 Å². The highest BCUT2D eigenvalue weighted by atomic mass is 19.4. The molecule has 0 saturated heterocycles. The van der Waals surface area contributed by atoms with Crippen molar-refractivity contribution < 1.29 is 178 Å². The average molecular weight is 1850 g/mol. The topological polar surface area (TPSA) is 639 Å². The zero-order valence-corrected chi connectivity index (χ0v) is 72.0. The first-order chi connectivity index (χ1) is 61.1. The van der Waals surface area contributed by atoms with E-state index in [1.807, 2.05) is 151 Å². The Labute approximate surface area is 749 Å². The van der Waals surface area contributed by atoms with Crippen LogP contribution in [0.2, 0.25) is 0 Å². The first-order valence-corrected chi connectivity index (χ1v) is 39.7. The van der Waals surface area contributed by atoms with Crippen LogP contribution in [0.3, 0.4) is 0 Å². The Hall–Kier alpha value is -13.5.